The van der Waals surface area contributed by atoms with Crippen molar-refractivity contribution in [1.29, 1.82) is 0 Å². The van der Waals surface area contributed by atoms with Gasteiger partial charge in [0, 0.05) is 0 Å². The third-order valence-electron chi connectivity index (χ3n) is 2.64. The van der Waals surface area contributed by atoms with Gasteiger partial charge in [0.2, 0.25) is 4.47 Å². The molecule has 1 aliphatic rings. The first-order chi connectivity index (χ1) is 7.83. The number of halogens is 1. The Morgan fingerprint density at radius 3 is 3.00 bits per heavy atom. The Kier molecular flexibility index (Phi) is 2.53. The number of hydrogen-bond donors (Lipinski definition) is 0. The summed E-state index contributed by atoms with van der Waals surface area (Å²) in [5.41, 5.74) is 1.23. The lowest BCUT2D eigenvalue weighted by atomic mass is 9.97. The van der Waals surface area contributed by atoms with Crippen molar-refractivity contribution in [3.8, 4) is 5.75 Å². The van der Waals surface area contributed by atoms with Gasteiger partial charge in [0.25, 0.3) is 0 Å². The van der Waals surface area contributed by atoms with Gasteiger partial charge >= 0.3 is 0 Å². The van der Waals surface area contributed by atoms with Crippen molar-refractivity contribution in [2.75, 3.05) is 6.61 Å². The number of benzene rings is 1. The van der Waals surface area contributed by atoms with Gasteiger partial charge in [-0.3, -0.25) is 0 Å². The van der Waals surface area contributed by atoms with Crippen LogP contribution in [-0.4, -0.2) is 16.8 Å². The summed E-state index contributed by atoms with van der Waals surface area (Å²) >= 11 is 7.22. The highest BCUT2D eigenvalue weighted by Crippen LogP contribution is 2.33. The van der Waals surface area contributed by atoms with E-state index in [0.717, 1.165) is 17.2 Å². The molecule has 0 saturated heterocycles. The van der Waals surface area contributed by atoms with Crippen LogP contribution >= 0.6 is 22.9 Å². The summed E-state index contributed by atoms with van der Waals surface area (Å²) in [7, 11) is 0. The molecule has 0 radical (unpaired) electrons. The lowest BCUT2D eigenvalue weighted by molar-refractivity contribution is 0.262. The van der Waals surface area contributed by atoms with Crippen molar-refractivity contribution >= 4 is 22.9 Å². The molecule has 16 heavy (non-hydrogen) atoms. The van der Waals surface area contributed by atoms with Crippen molar-refractivity contribution in [1.82, 2.24) is 10.2 Å². The number of para-hydroxylation sites is 1. The van der Waals surface area contributed by atoms with Gasteiger partial charge in [-0.1, -0.05) is 29.5 Å². The lowest BCUT2D eigenvalue weighted by Gasteiger charge is -2.23. The van der Waals surface area contributed by atoms with Crippen LogP contribution < -0.4 is 4.74 Å². The van der Waals surface area contributed by atoms with Crippen LogP contribution in [0.2, 0.25) is 4.47 Å². The molecule has 1 aliphatic heterocycles. The van der Waals surface area contributed by atoms with Crippen LogP contribution in [0.25, 0.3) is 0 Å². The SMILES string of the molecule is Clc1nnc(C2COc3ccccc3C2)s1. The highest BCUT2D eigenvalue weighted by atomic mass is 35.5. The fourth-order valence-electron chi connectivity index (χ4n) is 1.87. The molecule has 0 saturated carbocycles. The molecule has 1 unspecified atom stereocenters. The molecule has 2 heterocycles. The van der Waals surface area contributed by atoms with E-state index in [9.17, 15) is 0 Å². The van der Waals surface area contributed by atoms with Crippen LogP contribution in [0.5, 0.6) is 5.75 Å². The zero-order valence-corrected chi connectivity index (χ0v) is 9.96. The van der Waals surface area contributed by atoms with Gasteiger partial charge < -0.3 is 4.74 Å². The maximum atomic E-state index is 5.78. The first kappa shape index (κ1) is 10.1. The van der Waals surface area contributed by atoms with Crippen LogP contribution in [-0.2, 0) is 6.42 Å². The largest absolute Gasteiger partial charge is 0.493 e. The van der Waals surface area contributed by atoms with E-state index in [0.29, 0.717) is 11.1 Å². The second-order valence-electron chi connectivity index (χ2n) is 3.71. The average molecular weight is 253 g/mol. The van der Waals surface area contributed by atoms with Crippen molar-refractivity contribution in [3.05, 3.63) is 39.3 Å². The molecule has 0 fully saturated rings. The molecule has 0 bridgehead atoms. The monoisotopic (exact) mass is 252 g/mol. The summed E-state index contributed by atoms with van der Waals surface area (Å²) in [6.45, 7) is 0.655. The predicted octanol–water partition coefficient (Wildman–Crippen LogP) is 2.91. The van der Waals surface area contributed by atoms with Crippen LogP contribution in [0.4, 0.5) is 0 Å². The second-order valence-corrected chi connectivity index (χ2v) is 5.30. The molecular weight excluding hydrogens is 244 g/mol. The Morgan fingerprint density at radius 1 is 1.31 bits per heavy atom. The number of hydrogen-bond acceptors (Lipinski definition) is 4. The fraction of sp³-hybridized carbons (Fsp3) is 0.273. The Hall–Kier alpha value is -1.13. The van der Waals surface area contributed by atoms with Gasteiger partial charge in [-0.05, 0) is 29.7 Å². The molecule has 82 valence electrons. The standard InChI is InChI=1S/C11H9ClN2OS/c12-11-14-13-10(16-11)8-5-7-3-1-2-4-9(7)15-6-8/h1-4,8H,5-6H2. The van der Waals surface area contributed by atoms with E-state index < -0.39 is 0 Å². The zero-order valence-electron chi connectivity index (χ0n) is 8.39. The summed E-state index contributed by atoms with van der Waals surface area (Å²) < 4.78 is 6.19. The van der Waals surface area contributed by atoms with Gasteiger partial charge in [0.15, 0.2) is 0 Å². The Bertz CT molecular complexity index is 514. The number of ether oxygens (including phenoxy) is 1. The van der Waals surface area contributed by atoms with Crippen molar-refractivity contribution in [3.63, 3.8) is 0 Å². The lowest BCUT2D eigenvalue weighted by Crippen LogP contribution is -2.18. The first-order valence-corrected chi connectivity index (χ1v) is 6.22. The smallest absolute Gasteiger partial charge is 0.207 e. The van der Waals surface area contributed by atoms with Gasteiger partial charge in [0.1, 0.15) is 10.8 Å². The van der Waals surface area contributed by atoms with Crippen molar-refractivity contribution in [2.45, 2.75) is 12.3 Å². The molecule has 0 N–H and O–H groups in total. The highest BCUT2D eigenvalue weighted by Gasteiger charge is 2.23. The van der Waals surface area contributed by atoms with E-state index in [4.69, 9.17) is 16.3 Å². The molecule has 0 amide bonds. The van der Waals surface area contributed by atoms with E-state index in [1.54, 1.807) is 0 Å². The minimum absolute atomic E-state index is 0.278. The maximum Gasteiger partial charge on any atom is 0.207 e. The Morgan fingerprint density at radius 2 is 2.19 bits per heavy atom. The van der Waals surface area contributed by atoms with E-state index in [1.165, 1.54) is 16.9 Å². The highest BCUT2D eigenvalue weighted by molar-refractivity contribution is 7.15. The average Bonchev–Trinajstić information content (AvgIpc) is 2.75. The van der Waals surface area contributed by atoms with E-state index >= 15 is 0 Å². The topological polar surface area (TPSA) is 35.0 Å². The molecule has 0 spiro atoms. The molecular formula is C11H9ClN2OS. The molecule has 3 nitrogen and oxygen atoms in total. The molecule has 5 heteroatoms. The van der Waals surface area contributed by atoms with Crippen LogP contribution in [0.3, 0.4) is 0 Å². The number of aromatic nitrogens is 2. The minimum Gasteiger partial charge on any atom is -0.493 e. The summed E-state index contributed by atoms with van der Waals surface area (Å²) in [5.74, 6) is 1.26. The zero-order chi connectivity index (χ0) is 11.0. The van der Waals surface area contributed by atoms with E-state index in [2.05, 4.69) is 16.3 Å². The van der Waals surface area contributed by atoms with Crippen molar-refractivity contribution < 1.29 is 4.74 Å². The van der Waals surface area contributed by atoms with Crippen LogP contribution in [0.15, 0.2) is 24.3 Å². The van der Waals surface area contributed by atoms with Crippen LogP contribution in [0.1, 0.15) is 16.5 Å². The first-order valence-electron chi connectivity index (χ1n) is 5.02. The minimum atomic E-state index is 0.278. The van der Waals surface area contributed by atoms with Gasteiger partial charge in [-0.15, -0.1) is 10.2 Å². The molecule has 2 aromatic rings. The summed E-state index contributed by atoms with van der Waals surface area (Å²) in [6, 6.07) is 8.10. The van der Waals surface area contributed by atoms with Gasteiger partial charge in [-0.2, -0.15) is 0 Å². The quantitative estimate of drug-likeness (QED) is 0.783. The second kappa shape index (κ2) is 4.03. The number of nitrogens with zero attached hydrogens (tertiary/aromatic N) is 2. The summed E-state index contributed by atoms with van der Waals surface area (Å²) in [5, 5.41) is 8.85. The molecule has 1 aromatic carbocycles. The Balaban J connectivity index is 1.88. The van der Waals surface area contributed by atoms with Crippen molar-refractivity contribution in [2.24, 2.45) is 0 Å². The predicted molar refractivity (Wildman–Crippen MR) is 63.3 cm³/mol. The van der Waals surface area contributed by atoms with Gasteiger partial charge in [0.05, 0.1) is 12.5 Å². The van der Waals surface area contributed by atoms with Gasteiger partial charge in [-0.25, -0.2) is 0 Å². The molecule has 1 atom stereocenters. The summed E-state index contributed by atoms with van der Waals surface area (Å²) in [4.78, 5) is 0. The maximum absolute atomic E-state index is 5.78. The van der Waals surface area contributed by atoms with Crippen LogP contribution in [0, 0.1) is 0 Å². The normalized spacial score (nSPS) is 18.9. The van der Waals surface area contributed by atoms with E-state index in [1.807, 2.05) is 18.2 Å². The Labute approximate surface area is 102 Å². The summed E-state index contributed by atoms with van der Waals surface area (Å²) in [6.07, 6.45) is 0.946. The molecule has 3 rings (SSSR count). The fourth-order valence-corrected chi connectivity index (χ4v) is 2.80. The molecule has 1 aromatic heterocycles. The molecule has 0 aliphatic carbocycles. The van der Waals surface area contributed by atoms with E-state index in [-0.39, 0.29) is 5.92 Å². The third kappa shape index (κ3) is 1.79. The third-order valence-corrected chi connectivity index (χ3v) is 3.83. The number of rotatable bonds is 1. The number of fused-ring (bicyclic) bond motifs is 1.